The van der Waals surface area contributed by atoms with Gasteiger partial charge in [-0.3, -0.25) is 4.90 Å². The van der Waals surface area contributed by atoms with E-state index in [-0.39, 0.29) is 0 Å². The van der Waals surface area contributed by atoms with Crippen LogP contribution in [0, 0.1) is 17.8 Å². The maximum atomic E-state index is 3.48. The first-order valence-electron chi connectivity index (χ1n) is 9.05. The van der Waals surface area contributed by atoms with E-state index in [1.807, 2.05) is 0 Å². The van der Waals surface area contributed by atoms with Gasteiger partial charge in [-0.15, -0.1) is 0 Å². The lowest BCUT2D eigenvalue weighted by Gasteiger charge is -2.42. The van der Waals surface area contributed by atoms with E-state index in [0.717, 1.165) is 23.8 Å². The monoisotopic (exact) mass is 277 g/mol. The Morgan fingerprint density at radius 3 is 2.30 bits per heavy atom. The number of hydrogen-bond acceptors (Lipinski definition) is 3. The number of rotatable bonds is 3. The molecule has 3 heteroatoms. The summed E-state index contributed by atoms with van der Waals surface area (Å²) in [6.45, 7) is 9.21. The highest BCUT2D eigenvalue weighted by atomic mass is 15.3. The molecule has 0 radical (unpaired) electrons. The van der Waals surface area contributed by atoms with Crippen molar-refractivity contribution in [1.29, 1.82) is 0 Å². The minimum absolute atomic E-state index is 0.963. The topological polar surface area (TPSA) is 18.5 Å². The molecular formula is C17H31N3. The van der Waals surface area contributed by atoms with Crippen LogP contribution in [0.1, 0.15) is 38.5 Å². The van der Waals surface area contributed by atoms with E-state index in [0.29, 0.717) is 0 Å². The normalized spacial score (nSPS) is 40.5. The van der Waals surface area contributed by atoms with Crippen LogP contribution in [-0.2, 0) is 0 Å². The summed E-state index contributed by atoms with van der Waals surface area (Å²) >= 11 is 0. The molecule has 2 aliphatic heterocycles. The van der Waals surface area contributed by atoms with Gasteiger partial charge in [0.15, 0.2) is 0 Å². The van der Waals surface area contributed by atoms with E-state index in [9.17, 15) is 0 Å². The van der Waals surface area contributed by atoms with Crippen LogP contribution < -0.4 is 5.32 Å². The fraction of sp³-hybridized carbons (Fsp3) is 1.00. The molecule has 0 aromatic rings. The van der Waals surface area contributed by atoms with Crippen LogP contribution in [0.5, 0.6) is 0 Å². The number of hydrogen-bond donors (Lipinski definition) is 1. The zero-order valence-electron chi connectivity index (χ0n) is 12.9. The molecule has 2 aliphatic carbocycles. The van der Waals surface area contributed by atoms with Crippen molar-refractivity contribution in [2.45, 2.75) is 44.6 Å². The van der Waals surface area contributed by atoms with Gasteiger partial charge < -0.3 is 10.2 Å². The zero-order chi connectivity index (χ0) is 13.4. The van der Waals surface area contributed by atoms with Gasteiger partial charge >= 0.3 is 0 Å². The molecule has 2 bridgehead atoms. The second-order valence-corrected chi connectivity index (χ2v) is 7.77. The summed E-state index contributed by atoms with van der Waals surface area (Å²) in [4.78, 5) is 5.60. The Hall–Kier alpha value is -0.120. The Morgan fingerprint density at radius 1 is 0.850 bits per heavy atom. The van der Waals surface area contributed by atoms with E-state index < -0.39 is 0 Å². The van der Waals surface area contributed by atoms with Gasteiger partial charge in [0.2, 0.25) is 0 Å². The summed E-state index contributed by atoms with van der Waals surface area (Å²) < 4.78 is 0. The predicted octanol–water partition coefficient (Wildman–Crippen LogP) is 1.79. The summed E-state index contributed by atoms with van der Waals surface area (Å²) in [6, 6.07) is 0.967. The molecule has 20 heavy (non-hydrogen) atoms. The van der Waals surface area contributed by atoms with Crippen molar-refractivity contribution >= 4 is 0 Å². The highest BCUT2D eigenvalue weighted by Gasteiger charge is 2.42. The molecule has 114 valence electrons. The Morgan fingerprint density at radius 2 is 1.65 bits per heavy atom. The van der Waals surface area contributed by atoms with Crippen LogP contribution in [-0.4, -0.2) is 61.7 Å². The van der Waals surface area contributed by atoms with Crippen LogP contribution in [0.3, 0.4) is 0 Å². The molecule has 0 spiro atoms. The maximum absolute atomic E-state index is 3.48. The average molecular weight is 277 g/mol. The minimum atomic E-state index is 0.963. The summed E-state index contributed by atoms with van der Waals surface area (Å²) in [5.41, 5.74) is 0. The second-order valence-electron chi connectivity index (χ2n) is 7.77. The molecule has 2 saturated carbocycles. The molecule has 3 unspecified atom stereocenters. The van der Waals surface area contributed by atoms with Gasteiger partial charge in [-0.2, -0.15) is 0 Å². The van der Waals surface area contributed by atoms with Crippen molar-refractivity contribution in [3.63, 3.8) is 0 Å². The molecule has 0 aromatic carbocycles. The van der Waals surface area contributed by atoms with Crippen molar-refractivity contribution < 1.29 is 0 Å². The fourth-order valence-electron chi connectivity index (χ4n) is 5.37. The minimum Gasteiger partial charge on any atom is -0.317 e. The molecule has 3 atom stereocenters. The Kier molecular flexibility index (Phi) is 4.02. The Bertz CT molecular complexity index is 318. The van der Waals surface area contributed by atoms with Gasteiger partial charge in [-0.05, 0) is 62.9 Å². The molecule has 4 rings (SSSR count). The van der Waals surface area contributed by atoms with Gasteiger partial charge in [-0.1, -0.05) is 6.42 Å². The standard InChI is InChI=1S/C17H31N3/c1-2-16-11-15(1)12-17(16)20-9-7-19(8-10-20)13-14-3-5-18-6-4-14/h14-18H,1-13H2. The van der Waals surface area contributed by atoms with Gasteiger partial charge in [0.05, 0.1) is 0 Å². The highest BCUT2D eigenvalue weighted by Crippen LogP contribution is 2.46. The molecule has 2 heterocycles. The average Bonchev–Trinajstić information content (AvgIpc) is 3.12. The van der Waals surface area contributed by atoms with Crippen molar-refractivity contribution in [3.8, 4) is 0 Å². The van der Waals surface area contributed by atoms with E-state index in [4.69, 9.17) is 0 Å². The third-order valence-corrected chi connectivity index (χ3v) is 6.55. The molecular weight excluding hydrogens is 246 g/mol. The Balaban J connectivity index is 1.23. The lowest BCUT2D eigenvalue weighted by atomic mass is 9.93. The SMILES string of the molecule is C1CC(CN2CCN(C3CC4CCC3C4)CC2)CCN1. The lowest BCUT2D eigenvalue weighted by molar-refractivity contribution is 0.0612. The number of nitrogens with zero attached hydrogens (tertiary/aromatic N) is 2. The van der Waals surface area contributed by atoms with Crippen molar-refractivity contribution in [1.82, 2.24) is 15.1 Å². The summed E-state index contributed by atoms with van der Waals surface area (Å²) in [6.07, 6.45) is 8.94. The summed E-state index contributed by atoms with van der Waals surface area (Å²) in [5.74, 6) is 3.12. The first-order chi connectivity index (χ1) is 9.88. The van der Waals surface area contributed by atoms with E-state index in [2.05, 4.69) is 15.1 Å². The summed E-state index contributed by atoms with van der Waals surface area (Å²) in [7, 11) is 0. The molecule has 4 fully saturated rings. The lowest BCUT2D eigenvalue weighted by Crippen LogP contribution is -2.52. The van der Waals surface area contributed by atoms with Crippen LogP contribution in [0.2, 0.25) is 0 Å². The molecule has 0 amide bonds. The van der Waals surface area contributed by atoms with Gasteiger partial charge in [0.25, 0.3) is 0 Å². The van der Waals surface area contributed by atoms with Crippen molar-refractivity contribution in [2.24, 2.45) is 17.8 Å². The number of fused-ring (bicyclic) bond motifs is 2. The maximum Gasteiger partial charge on any atom is 0.0127 e. The van der Waals surface area contributed by atoms with Crippen LogP contribution in [0.4, 0.5) is 0 Å². The first-order valence-corrected chi connectivity index (χ1v) is 9.05. The molecule has 0 aromatic heterocycles. The van der Waals surface area contributed by atoms with Crippen molar-refractivity contribution in [3.05, 3.63) is 0 Å². The number of nitrogens with one attached hydrogen (secondary N) is 1. The molecule has 1 N–H and O–H groups in total. The fourth-order valence-corrected chi connectivity index (χ4v) is 5.37. The molecule has 3 nitrogen and oxygen atoms in total. The van der Waals surface area contributed by atoms with Crippen LogP contribution in [0.15, 0.2) is 0 Å². The smallest absolute Gasteiger partial charge is 0.0127 e. The van der Waals surface area contributed by atoms with Gasteiger partial charge in [-0.25, -0.2) is 0 Å². The number of piperazine rings is 1. The molecule has 4 aliphatic rings. The van der Waals surface area contributed by atoms with Gasteiger partial charge in [0.1, 0.15) is 0 Å². The van der Waals surface area contributed by atoms with E-state index >= 15 is 0 Å². The van der Waals surface area contributed by atoms with Crippen LogP contribution in [0.25, 0.3) is 0 Å². The second kappa shape index (κ2) is 5.94. The Labute approximate surface area is 124 Å². The van der Waals surface area contributed by atoms with E-state index in [1.165, 1.54) is 77.9 Å². The third-order valence-electron chi connectivity index (χ3n) is 6.55. The first kappa shape index (κ1) is 13.5. The quantitative estimate of drug-likeness (QED) is 0.848. The predicted molar refractivity (Wildman–Crippen MR) is 82.8 cm³/mol. The van der Waals surface area contributed by atoms with E-state index in [1.54, 1.807) is 6.42 Å². The number of piperidine rings is 1. The van der Waals surface area contributed by atoms with Crippen molar-refractivity contribution in [2.75, 3.05) is 45.8 Å². The van der Waals surface area contributed by atoms with Crippen LogP contribution >= 0.6 is 0 Å². The highest BCUT2D eigenvalue weighted by molar-refractivity contribution is 4.96. The zero-order valence-corrected chi connectivity index (χ0v) is 12.9. The van der Waals surface area contributed by atoms with Gasteiger partial charge in [0, 0.05) is 38.8 Å². The molecule has 2 saturated heterocycles. The summed E-state index contributed by atoms with van der Waals surface area (Å²) in [5, 5.41) is 3.48. The third kappa shape index (κ3) is 2.77. The largest absolute Gasteiger partial charge is 0.317 e.